The molecule has 1 heterocycles. The number of imidazole rings is 1. The van der Waals surface area contributed by atoms with Gasteiger partial charge in [0.15, 0.2) is 0 Å². The fraction of sp³-hybridized carbons (Fsp3) is 0.222. The lowest BCUT2D eigenvalue weighted by Crippen LogP contribution is -2.14. The first kappa shape index (κ1) is 9.86. The highest BCUT2D eigenvalue weighted by molar-refractivity contribution is 5.85. The van der Waals surface area contributed by atoms with Crippen molar-refractivity contribution >= 4 is 23.4 Å². The number of aromatic nitrogens is 2. The zero-order valence-corrected chi connectivity index (χ0v) is 8.10. The monoisotopic (exact) mass is 198 g/mol. The maximum absolute atomic E-state index is 11.3. The quantitative estimate of drug-likeness (QED) is 0.745. The number of hydrogen-bond donors (Lipinski definition) is 1. The summed E-state index contributed by atoms with van der Waals surface area (Å²) >= 11 is 0. The fourth-order valence-corrected chi connectivity index (χ4v) is 1.42. The van der Waals surface area contributed by atoms with Crippen LogP contribution in [-0.4, -0.2) is 9.55 Å². The van der Waals surface area contributed by atoms with Crippen LogP contribution in [0.5, 0.6) is 0 Å². The van der Waals surface area contributed by atoms with Crippen molar-refractivity contribution in [2.24, 2.45) is 0 Å². The predicted molar refractivity (Wildman–Crippen MR) is 55.5 cm³/mol. The second-order valence-corrected chi connectivity index (χ2v) is 2.69. The van der Waals surface area contributed by atoms with E-state index >= 15 is 0 Å². The zero-order valence-electron chi connectivity index (χ0n) is 7.28. The molecule has 2 aromatic rings. The van der Waals surface area contributed by atoms with E-state index < -0.39 is 0 Å². The summed E-state index contributed by atoms with van der Waals surface area (Å²) in [5, 5.41) is 0. The molecule has 0 aliphatic rings. The summed E-state index contributed by atoms with van der Waals surface area (Å²) in [4.78, 5) is 14.1. The molecule has 0 amide bonds. The van der Waals surface area contributed by atoms with E-state index in [0.717, 1.165) is 11.0 Å². The smallest absolute Gasteiger partial charge is 0.306 e. The molecule has 0 bridgehead atoms. The van der Waals surface area contributed by atoms with E-state index in [1.165, 1.54) is 0 Å². The predicted octanol–water partition coefficient (Wildman–Crippen LogP) is 1.77. The number of aromatic amines is 1. The van der Waals surface area contributed by atoms with E-state index in [0.29, 0.717) is 6.54 Å². The summed E-state index contributed by atoms with van der Waals surface area (Å²) in [7, 11) is 0. The number of hydrogen-bond acceptors (Lipinski definition) is 1. The van der Waals surface area contributed by atoms with Crippen LogP contribution in [0, 0.1) is 0 Å². The molecule has 1 aromatic heterocycles. The summed E-state index contributed by atoms with van der Waals surface area (Å²) in [5.41, 5.74) is 1.85. The van der Waals surface area contributed by atoms with Gasteiger partial charge in [0, 0.05) is 6.54 Å². The van der Waals surface area contributed by atoms with E-state index in [9.17, 15) is 4.79 Å². The van der Waals surface area contributed by atoms with E-state index in [4.69, 9.17) is 0 Å². The van der Waals surface area contributed by atoms with Crippen LogP contribution in [0.2, 0.25) is 0 Å². The normalized spacial score (nSPS) is 9.92. The van der Waals surface area contributed by atoms with Gasteiger partial charge in [-0.05, 0) is 19.1 Å². The van der Waals surface area contributed by atoms with Crippen molar-refractivity contribution in [2.45, 2.75) is 13.5 Å². The van der Waals surface area contributed by atoms with Gasteiger partial charge >= 0.3 is 5.69 Å². The minimum Gasteiger partial charge on any atom is -0.306 e. The lowest BCUT2D eigenvalue weighted by Gasteiger charge is -1.95. The largest absolute Gasteiger partial charge is 0.326 e. The molecule has 13 heavy (non-hydrogen) atoms. The number of fused-ring (bicyclic) bond motifs is 1. The van der Waals surface area contributed by atoms with Crippen LogP contribution in [-0.2, 0) is 6.54 Å². The van der Waals surface area contributed by atoms with Crippen molar-refractivity contribution < 1.29 is 0 Å². The molecule has 4 heteroatoms. The lowest BCUT2D eigenvalue weighted by molar-refractivity contribution is 0.753. The summed E-state index contributed by atoms with van der Waals surface area (Å²) in [6.45, 7) is 2.67. The van der Waals surface area contributed by atoms with E-state index in [2.05, 4.69) is 4.98 Å². The van der Waals surface area contributed by atoms with Gasteiger partial charge in [-0.1, -0.05) is 12.1 Å². The van der Waals surface area contributed by atoms with Crippen molar-refractivity contribution in [2.75, 3.05) is 0 Å². The van der Waals surface area contributed by atoms with E-state index in [1.807, 2.05) is 31.2 Å². The third kappa shape index (κ3) is 1.47. The Morgan fingerprint density at radius 3 is 2.77 bits per heavy atom. The number of rotatable bonds is 1. The zero-order chi connectivity index (χ0) is 8.55. The van der Waals surface area contributed by atoms with Gasteiger partial charge in [0.25, 0.3) is 0 Å². The highest BCUT2D eigenvalue weighted by Crippen LogP contribution is 2.07. The Balaban J connectivity index is 0.000000845. The summed E-state index contributed by atoms with van der Waals surface area (Å²) in [6.07, 6.45) is 0. The first-order valence-electron chi connectivity index (χ1n) is 4.00. The van der Waals surface area contributed by atoms with Crippen LogP contribution in [0.25, 0.3) is 11.0 Å². The molecule has 0 spiro atoms. The van der Waals surface area contributed by atoms with Gasteiger partial charge in [-0.3, -0.25) is 4.57 Å². The van der Waals surface area contributed by atoms with E-state index in [1.54, 1.807) is 4.57 Å². The van der Waals surface area contributed by atoms with Crippen LogP contribution in [0.3, 0.4) is 0 Å². The minimum absolute atomic E-state index is 0. The Morgan fingerprint density at radius 1 is 1.38 bits per heavy atom. The molecule has 0 aliphatic carbocycles. The molecule has 0 radical (unpaired) electrons. The van der Waals surface area contributed by atoms with E-state index in [-0.39, 0.29) is 18.1 Å². The molecular weight excluding hydrogens is 188 g/mol. The topological polar surface area (TPSA) is 37.8 Å². The molecule has 0 atom stereocenters. The molecular formula is C9H11ClN2O. The first-order chi connectivity index (χ1) is 5.83. The van der Waals surface area contributed by atoms with Crippen LogP contribution < -0.4 is 5.69 Å². The average Bonchev–Trinajstić information content (AvgIpc) is 2.40. The second kappa shape index (κ2) is 3.66. The average molecular weight is 199 g/mol. The van der Waals surface area contributed by atoms with Crippen molar-refractivity contribution in [3.63, 3.8) is 0 Å². The molecule has 1 aromatic carbocycles. The van der Waals surface area contributed by atoms with Gasteiger partial charge in [0.05, 0.1) is 11.0 Å². The minimum atomic E-state index is -0.0290. The molecule has 0 saturated heterocycles. The second-order valence-electron chi connectivity index (χ2n) is 2.69. The number of halogens is 1. The van der Waals surface area contributed by atoms with Gasteiger partial charge in [-0.15, -0.1) is 12.4 Å². The SMILES string of the molecule is CCn1c(=O)[nH]c2ccccc21.Cl. The summed E-state index contributed by atoms with van der Waals surface area (Å²) in [6, 6.07) is 7.69. The fourth-order valence-electron chi connectivity index (χ4n) is 1.42. The molecule has 0 aliphatic heterocycles. The van der Waals surface area contributed by atoms with Crippen molar-refractivity contribution in [1.82, 2.24) is 9.55 Å². The maximum Gasteiger partial charge on any atom is 0.326 e. The molecule has 0 fully saturated rings. The number of benzene rings is 1. The van der Waals surface area contributed by atoms with Crippen LogP contribution in [0.4, 0.5) is 0 Å². The molecule has 2 rings (SSSR count). The van der Waals surface area contributed by atoms with Gasteiger partial charge in [-0.2, -0.15) is 0 Å². The molecule has 0 saturated carbocycles. The van der Waals surface area contributed by atoms with Gasteiger partial charge < -0.3 is 4.98 Å². The summed E-state index contributed by atoms with van der Waals surface area (Å²) in [5.74, 6) is 0. The molecule has 0 unspecified atom stereocenters. The molecule has 1 N–H and O–H groups in total. The Hall–Kier alpha value is -1.22. The molecule has 70 valence electrons. The Morgan fingerprint density at radius 2 is 2.08 bits per heavy atom. The Bertz CT molecular complexity index is 458. The standard InChI is InChI=1S/C9H10N2O.ClH/c1-2-11-8-6-4-3-5-7(8)10-9(11)12;/h3-6H,2H2,1H3,(H,10,12);1H. The Kier molecular flexibility index (Phi) is 2.78. The van der Waals surface area contributed by atoms with Crippen LogP contribution in [0.15, 0.2) is 29.1 Å². The van der Waals surface area contributed by atoms with Crippen molar-refractivity contribution in [3.05, 3.63) is 34.7 Å². The van der Waals surface area contributed by atoms with Gasteiger partial charge in [-0.25, -0.2) is 4.79 Å². The third-order valence-corrected chi connectivity index (χ3v) is 2.00. The first-order valence-corrected chi connectivity index (χ1v) is 4.00. The van der Waals surface area contributed by atoms with Gasteiger partial charge in [0.1, 0.15) is 0 Å². The van der Waals surface area contributed by atoms with Crippen molar-refractivity contribution in [3.8, 4) is 0 Å². The number of H-pyrrole nitrogens is 1. The van der Waals surface area contributed by atoms with Crippen LogP contribution in [0.1, 0.15) is 6.92 Å². The molecule has 3 nitrogen and oxygen atoms in total. The van der Waals surface area contributed by atoms with Crippen molar-refractivity contribution in [1.29, 1.82) is 0 Å². The van der Waals surface area contributed by atoms with Crippen LogP contribution >= 0.6 is 12.4 Å². The summed E-state index contributed by atoms with van der Waals surface area (Å²) < 4.78 is 1.72. The Labute approximate surface area is 81.8 Å². The number of aryl methyl sites for hydroxylation is 1. The van der Waals surface area contributed by atoms with Gasteiger partial charge in [0.2, 0.25) is 0 Å². The number of nitrogens with one attached hydrogen (secondary N) is 1. The number of para-hydroxylation sites is 2. The highest BCUT2D eigenvalue weighted by atomic mass is 35.5. The maximum atomic E-state index is 11.3. The highest BCUT2D eigenvalue weighted by Gasteiger charge is 2.01. The number of nitrogens with zero attached hydrogens (tertiary/aromatic N) is 1. The lowest BCUT2D eigenvalue weighted by atomic mass is 10.3. The third-order valence-electron chi connectivity index (χ3n) is 2.00.